The van der Waals surface area contributed by atoms with E-state index in [2.05, 4.69) is 63.2 Å². The molecule has 2 unspecified atom stereocenters. The van der Waals surface area contributed by atoms with Crippen LogP contribution >= 0.6 is 0 Å². The molecule has 0 radical (unpaired) electrons. The molecule has 0 aliphatic heterocycles. The van der Waals surface area contributed by atoms with Crippen LogP contribution in [0.25, 0.3) is 0 Å². The Balaban J connectivity index is 5.43. The molecule has 36 heavy (non-hydrogen) atoms. The van der Waals surface area contributed by atoms with Crippen molar-refractivity contribution >= 4 is 23.6 Å². The zero-order valence-corrected chi connectivity index (χ0v) is 24.5. The number of nitrogens with one attached hydrogen (secondary N) is 4. The fourth-order valence-electron chi connectivity index (χ4n) is 3.68. The Morgan fingerprint density at radius 1 is 0.583 bits per heavy atom. The van der Waals surface area contributed by atoms with Crippen LogP contribution in [0, 0.1) is 5.41 Å². The van der Waals surface area contributed by atoms with E-state index in [1.807, 2.05) is 14.1 Å². The molecule has 0 bridgehead atoms. The van der Waals surface area contributed by atoms with E-state index in [4.69, 9.17) is 0 Å². The molecular formula is C25H54N7O4+3. The lowest BCUT2D eigenvalue weighted by molar-refractivity contribution is -0.949. The second-order valence-electron chi connectivity index (χ2n) is 12.7. The summed E-state index contributed by atoms with van der Waals surface area (Å²) in [5.74, 6) is -0.588. The van der Waals surface area contributed by atoms with Gasteiger partial charge in [-0.25, -0.2) is 0 Å². The number of nitrogens with zero attached hydrogens (tertiary/aromatic N) is 3. The van der Waals surface area contributed by atoms with Crippen LogP contribution in [0.15, 0.2) is 0 Å². The molecule has 4 amide bonds. The average Bonchev–Trinajstić information content (AvgIpc) is 2.70. The van der Waals surface area contributed by atoms with Gasteiger partial charge in [-0.2, -0.15) is 0 Å². The minimum absolute atomic E-state index is 0.110. The van der Waals surface area contributed by atoms with E-state index in [1.165, 1.54) is 0 Å². The summed E-state index contributed by atoms with van der Waals surface area (Å²) < 4.78 is 1.08. The lowest BCUT2D eigenvalue weighted by Gasteiger charge is -2.38. The van der Waals surface area contributed by atoms with Gasteiger partial charge in [0.1, 0.15) is 13.1 Å². The highest BCUT2D eigenvalue weighted by molar-refractivity contribution is 5.80. The Kier molecular flexibility index (Phi) is 13.6. The summed E-state index contributed by atoms with van der Waals surface area (Å²) in [6, 6.07) is 0. The predicted octanol–water partition coefficient (Wildman–Crippen LogP) is -1.25. The van der Waals surface area contributed by atoms with E-state index < -0.39 is 0 Å². The van der Waals surface area contributed by atoms with Gasteiger partial charge in [0.2, 0.25) is 0 Å². The second kappa shape index (κ2) is 14.5. The first-order valence-corrected chi connectivity index (χ1v) is 12.7. The Hall–Kier alpha value is -2.24. The number of rotatable bonds is 16. The van der Waals surface area contributed by atoms with Gasteiger partial charge in [0.15, 0.2) is 26.2 Å². The molecule has 0 aliphatic rings. The van der Waals surface area contributed by atoms with E-state index in [0.29, 0.717) is 26.2 Å². The van der Waals surface area contributed by atoms with Gasteiger partial charge in [-0.1, -0.05) is 20.8 Å². The Morgan fingerprint density at radius 3 is 1.28 bits per heavy atom. The fraction of sp³-hybridized carbons (Fsp3) is 0.840. The van der Waals surface area contributed by atoms with Gasteiger partial charge in [-0.05, 0) is 11.8 Å². The molecule has 0 aliphatic carbocycles. The predicted molar refractivity (Wildman–Crippen MR) is 143 cm³/mol. The first-order chi connectivity index (χ1) is 16.3. The third-order valence-corrected chi connectivity index (χ3v) is 6.14. The van der Waals surface area contributed by atoms with Crippen molar-refractivity contribution in [2.24, 2.45) is 5.41 Å². The second-order valence-corrected chi connectivity index (χ2v) is 12.7. The molecule has 11 nitrogen and oxygen atoms in total. The van der Waals surface area contributed by atoms with E-state index in [1.54, 1.807) is 14.1 Å². The molecule has 0 rings (SSSR count). The lowest BCUT2D eigenvalue weighted by Crippen LogP contribution is -2.62. The molecule has 11 heteroatoms. The number of carbonyl (C=O) groups excluding carboxylic acids is 4. The molecule has 0 aromatic carbocycles. The molecule has 210 valence electrons. The van der Waals surface area contributed by atoms with Gasteiger partial charge in [0.05, 0.1) is 48.3 Å². The summed E-state index contributed by atoms with van der Waals surface area (Å²) in [7, 11) is 13.0. The fourth-order valence-corrected chi connectivity index (χ4v) is 3.68. The van der Waals surface area contributed by atoms with Gasteiger partial charge >= 0.3 is 0 Å². The smallest absolute Gasteiger partial charge is 0.275 e. The maximum absolute atomic E-state index is 12.7. The third kappa shape index (κ3) is 16.4. The van der Waals surface area contributed by atoms with E-state index in [0.717, 1.165) is 17.4 Å². The van der Waals surface area contributed by atoms with Crippen molar-refractivity contribution in [1.82, 2.24) is 21.3 Å². The molecular weight excluding hydrogens is 462 g/mol. The molecule has 0 fully saturated rings. The number of amides is 4. The highest BCUT2D eigenvalue weighted by Gasteiger charge is 2.35. The zero-order chi connectivity index (χ0) is 28.2. The van der Waals surface area contributed by atoms with Crippen LogP contribution in [0.3, 0.4) is 0 Å². The van der Waals surface area contributed by atoms with Crippen molar-refractivity contribution in [3.63, 3.8) is 0 Å². The topological polar surface area (TPSA) is 116 Å². The van der Waals surface area contributed by atoms with Gasteiger partial charge < -0.3 is 34.7 Å². The summed E-state index contributed by atoms with van der Waals surface area (Å²) in [6.07, 6.45) is 0.849. The molecule has 0 saturated carbocycles. The lowest BCUT2D eigenvalue weighted by atomic mass is 9.92. The van der Waals surface area contributed by atoms with Gasteiger partial charge in [-0.3, -0.25) is 19.2 Å². The molecule has 2 atom stereocenters. The van der Waals surface area contributed by atoms with Crippen LogP contribution in [-0.2, 0) is 19.2 Å². The summed E-state index contributed by atoms with van der Waals surface area (Å²) in [6.45, 7) is 9.65. The van der Waals surface area contributed by atoms with Crippen LogP contribution in [-0.4, -0.2) is 145 Å². The summed E-state index contributed by atoms with van der Waals surface area (Å²) in [5, 5.41) is 11.2. The highest BCUT2D eigenvalue weighted by Crippen LogP contribution is 2.17. The minimum Gasteiger partial charge on any atom is -0.354 e. The van der Waals surface area contributed by atoms with Gasteiger partial charge in [0.25, 0.3) is 23.6 Å². The van der Waals surface area contributed by atoms with Crippen LogP contribution in [0.4, 0.5) is 0 Å². The maximum atomic E-state index is 12.7. The van der Waals surface area contributed by atoms with E-state index in [9.17, 15) is 19.2 Å². The zero-order valence-electron chi connectivity index (χ0n) is 24.5. The SMILES string of the molecule is CNC(=O)C[N+](C)(CC[N+](C)(CC(=O)NC)CC(=O)NCC[N+](C)(C)C)CC(=O)NCCC(C)(C)C. The number of hydrogen-bond acceptors (Lipinski definition) is 4. The molecule has 0 aromatic heterocycles. The van der Waals surface area contributed by atoms with Crippen molar-refractivity contribution in [1.29, 1.82) is 0 Å². The molecule has 4 N–H and O–H groups in total. The van der Waals surface area contributed by atoms with Crippen LogP contribution < -0.4 is 21.3 Å². The van der Waals surface area contributed by atoms with Crippen LogP contribution in [0.2, 0.25) is 0 Å². The largest absolute Gasteiger partial charge is 0.354 e. The summed E-state index contributed by atoms with van der Waals surface area (Å²) in [4.78, 5) is 50.1. The maximum Gasteiger partial charge on any atom is 0.275 e. The Morgan fingerprint density at radius 2 is 0.944 bits per heavy atom. The van der Waals surface area contributed by atoms with Crippen LogP contribution in [0.5, 0.6) is 0 Å². The van der Waals surface area contributed by atoms with E-state index in [-0.39, 0.29) is 64.2 Å². The number of likely N-dealkylation sites (N-methyl/N-ethyl adjacent to an activating group) is 5. The monoisotopic (exact) mass is 516 g/mol. The molecule has 0 saturated heterocycles. The van der Waals surface area contributed by atoms with E-state index >= 15 is 0 Å². The van der Waals surface area contributed by atoms with Crippen molar-refractivity contribution in [3.8, 4) is 0 Å². The number of hydrogen-bond donors (Lipinski definition) is 4. The van der Waals surface area contributed by atoms with Crippen molar-refractivity contribution < 1.29 is 32.6 Å². The van der Waals surface area contributed by atoms with Crippen LogP contribution in [0.1, 0.15) is 27.2 Å². The van der Waals surface area contributed by atoms with Gasteiger partial charge in [-0.15, -0.1) is 0 Å². The standard InChI is InChI=1S/C25H51N7O4/c1-25(2,3)11-12-28-23(35)19-31(9,17-21(33)26-4)15-16-32(10,18-22(34)27-5)20-24(36)29-13-14-30(6,7)8/h11-20H2,1-10H3,(H-3,26,27,28,29,33,34,35,36)/p+3. The quantitative estimate of drug-likeness (QED) is 0.192. The Labute approximate surface area is 218 Å². The summed E-state index contributed by atoms with van der Waals surface area (Å²) in [5.41, 5.74) is 0.110. The van der Waals surface area contributed by atoms with Crippen molar-refractivity contribution in [2.75, 3.05) is 108 Å². The molecule has 0 aromatic rings. The first-order valence-electron chi connectivity index (χ1n) is 12.7. The number of quaternary nitrogens is 3. The Bertz CT molecular complexity index is 684. The average molecular weight is 517 g/mol. The third-order valence-electron chi connectivity index (χ3n) is 6.14. The van der Waals surface area contributed by atoms with Crippen molar-refractivity contribution in [2.45, 2.75) is 27.2 Å². The van der Waals surface area contributed by atoms with Crippen molar-refractivity contribution in [3.05, 3.63) is 0 Å². The van der Waals surface area contributed by atoms with Gasteiger partial charge in [0, 0.05) is 20.6 Å². The molecule has 0 heterocycles. The minimum atomic E-state index is -0.169. The number of carbonyl (C=O) groups is 4. The molecule has 0 spiro atoms. The first kappa shape index (κ1) is 33.8. The highest BCUT2D eigenvalue weighted by atomic mass is 16.2. The normalized spacial score (nSPS) is 15.3. The summed E-state index contributed by atoms with van der Waals surface area (Å²) >= 11 is 0.